The summed E-state index contributed by atoms with van der Waals surface area (Å²) >= 11 is 0. The number of rotatable bonds is 1. The molecule has 0 aromatic carbocycles. The Kier molecular flexibility index (Phi) is 1.66. The fraction of sp³-hybridized carbons (Fsp3) is 0.143. The van der Waals surface area contributed by atoms with Gasteiger partial charge in [0.05, 0.1) is 5.69 Å². The Morgan fingerprint density at radius 2 is 2.00 bits per heavy atom. The molecule has 2 N–H and O–H groups in total. The van der Waals surface area contributed by atoms with E-state index in [0.29, 0.717) is 5.82 Å². The third-order valence-electron chi connectivity index (χ3n) is 1.58. The van der Waals surface area contributed by atoms with Crippen LogP contribution in [0.25, 0.3) is 5.82 Å². The van der Waals surface area contributed by atoms with Crippen molar-refractivity contribution in [2.45, 2.75) is 6.92 Å². The van der Waals surface area contributed by atoms with Gasteiger partial charge in [-0.3, -0.25) is 4.98 Å². The number of aromatic nitrogens is 5. The van der Waals surface area contributed by atoms with Crippen LogP contribution in [0.3, 0.4) is 0 Å². The van der Waals surface area contributed by atoms with E-state index in [-0.39, 0.29) is 5.95 Å². The molecule has 13 heavy (non-hydrogen) atoms. The zero-order chi connectivity index (χ0) is 9.26. The van der Waals surface area contributed by atoms with E-state index in [1.165, 1.54) is 11.0 Å². The van der Waals surface area contributed by atoms with Gasteiger partial charge in [-0.25, -0.2) is 9.97 Å². The highest BCUT2D eigenvalue weighted by atomic mass is 15.4. The average Bonchev–Trinajstić information content (AvgIpc) is 2.53. The zero-order valence-corrected chi connectivity index (χ0v) is 7.05. The molecule has 0 bridgehead atoms. The smallest absolute Gasteiger partial charge is 0.239 e. The predicted molar refractivity (Wildman–Crippen MR) is 46.1 cm³/mol. The Morgan fingerprint density at radius 3 is 2.62 bits per heavy atom. The molecule has 0 saturated carbocycles. The van der Waals surface area contributed by atoms with Crippen molar-refractivity contribution in [1.82, 2.24) is 24.7 Å². The molecule has 6 nitrogen and oxygen atoms in total. The molecule has 2 aromatic heterocycles. The number of nitrogens with zero attached hydrogens (tertiary/aromatic N) is 5. The van der Waals surface area contributed by atoms with Crippen molar-refractivity contribution in [2.24, 2.45) is 0 Å². The Labute approximate surface area is 74.5 Å². The molecule has 2 aromatic rings. The second-order valence-electron chi connectivity index (χ2n) is 2.51. The van der Waals surface area contributed by atoms with Crippen LogP contribution in [0.4, 0.5) is 5.95 Å². The second-order valence-corrected chi connectivity index (χ2v) is 2.51. The summed E-state index contributed by atoms with van der Waals surface area (Å²) in [5.74, 6) is 0.872. The molecule has 0 spiro atoms. The molecular formula is C7H8N6. The summed E-state index contributed by atoms with van der Waals surface area (Å²) in [6, 6.07) is 0. The molecule has 0 aliphatic carbocycles. The molecule has 0 unspecified atom stereocenters. The molecule has 0 aliphatic heterocycles. The first-order chi connectivity index (χ1) is 6.27. The maximum Gasteiger partial charge on any atom is 0.239 e. The summed E-state index contributed by atoms with van der Waals surface area (Å²) in [4.78, 5) is 12.0. The summed E-state index contributed by atoms with van der Waals surface area (Å²) in [5.41, 5.74) is 6.16. The summed E-state index contributed by atoms with van der Waals surface area (Å²) in [5, 5.41) is 3.92. The van der Waals surface area contributed by atoms with Crippen LogP contribution in [0.1, 0.15) is 5.69 Å². The second kappa shape index (κ2) is 2.81. The molecule has 6 heteroatoms. The normalized spacial score (nSPS) is 10.2. The quantitative estimate of drug-likeness (QED) is 0.658. The minimum atomic E-state index is 0.227. The fourth-order valence-electron chi connectivity index (χ4n) is 1.00. The van der Waals surface area contributed by atoms with Crippen molar-refractivity contribution < 1.29 is 0 Å². The molecule has 0 saturated heterocycles. The summed E-state index contributed by atoms with van der Waals surface area (Å²) < 4.78 is 1.50. The van der Waals surface area contributed by atoms with Gasteiger partial charge in [0, 0.05) is 12.4 Å². The third kappa shape index (κ3) is 1.33. The SMILES string of the molecule is Cc1nccnc1-n1cnc(N)n1. The lowest BCUT2D eigenvalue weighted by molar-refractivity contribution is 0.826. The van der Waals surface area contributed by atoms with Gasteiger partial charge in [0.1, 0.15) is 6.33 Å². The number of nitrogens with two attached hydrogens (primary N) is 1. The maximum atomic E-state index is 5.37. The summed E-state index contributed by atoms with van der Waals surface area (Å²) in [7, 11) is 0. The van der Waals surface area contributed by atoms with E-state index in [1.54, 1.807) is 12.4 Å². The fourth-order valence-corrected chi connectivity index (χ4v) is 1.00. The van der Waals surface area contributed by atoms with Crippen molar-refractivity contribution in [3.05, 3.63) is 24.4 Å². The van der Waals surface area contributed by atoms with Gasteiger partial charge in [-0.05, 0) is 6.92 Å². The van der Waals surface area contributed by atoms with E-state index < -0.39 is 0 Å². The minimum Gasteiger partial charge on any atom is -0.366 e. The van der Waals surface area contributed by atoms with Crippen LogP contribution >= 0.6 is 0 Å². The lowest BCUT2D eigenvalue weighted by Gasteiger charge is -2.00. The number of nitrogen functional groups attached to an aromatic ring is 1. The maximum absolute atomic E-state index is 5.37. The number of anilines is 1. The highest BCUT2D eigenvalue weighted by Gasteiger charge is 2.04. The van der Waals surface area contributed by atoms with Gasteiger partial charge in [-0.2, -0.15) is 4.68 Å². The Hall–Kier alpha value is -1.98. The Bertz CT molecular complexity index is 420. The Balaban J connectivity index is 2.52. The lowest BCUT2D eigenvalue weighted by atomic mass is 10.4. The first kappa shape index (κ1) is 7.66. The van der Waals surface area contributed by atoms with Gasteiger partial charge in [0.2, 0.25) is 5.95 Å². The van der Waals surface area contributed by atoms with Gasteiger partial charge in [-0.1, -0.05) is 0 Å². The summed E-state index contributed by atoms with van der Waals surface area (Å²) in [6.07, 6.45) is 4.73. The van der Waals surface area contributed by atoms with E-state index >= 15 is 0 Å². The average molecular weight is 176 g/mol. The van der Waals surface area contributed by atoms with Gasteiger partial charge in [0.25, 0.3) is 0 Å². The number of aryl methyl sites for hydroxylation is 1. The molecule has 0 amide bonds. The molecule has 0 atom stereocenters. The molecule has 0 fully saturated rings. The van der Waals surface area contributed by atoms with Crippen LogP contribution in [0, 0.1) is 6.92 Å². The van der Waals surface area contributed by atoms with Crippen LogP contribution in [0.5, 0.6) is 0 Å². The molecule has 0 radical (unpaired) electrons. The largest absolute Gasteiger partial charge is 0.366 e. The highest BCUT2D eigenvalue weighted by molar-refractivity contribution is 5.26. The zero-order valence-electron chi connectivity index (χ0n) is 7.05. The van der Waals surface area contributed by atoms with Gasteiger partial charge >= 0.3 is 0 Å². The first-order valence-electron chi connectivity index (χ1n) is 3.72. The number of hydrogen-bond acceptors (Lipinski definition) is 5. The lowest BCUT2D eigenvalue weighted by Crippen LogP contribution is -2.02. The monoisotopic (exact) mass is 176 g/mol. The van der Waals surface area contributed by atoms with E-state index in [9.17, 15) is 0 Å². The van der Waals surface area contributed by atoms with Crippen LogP contribution < -0.4 is 5.73 Å². The molecule has 2 rings (SSSR count). The van der Waals surface area contributed by atoms with Crippen LogP contribution in [0.15, 0.2) is 18.7 Å². The van der Waals surface area contributed by atoms with Gasteiger partial charge in [-0.15, -0.1) is 5.10 Å². The highest BCUT2D eigenvalue weighted by Crippen LogP contribution is 2.05. The standard InChI is InChI=1S/C7H8N6/c1-5-6(10-3-2-9-5)13-4-11-7(8)12-13/h2-4H,1H3,(H2,8,12). The van der Waals surface area contributed by atoms with Crippen LogP contribution in [-0.4, -0.2) is 24.7 Å². The van der Waals surface area contributed by atoms with Crippen molar-refractivity contribution >= 4 is 5.95 Å². The first-order valence-corrected chi connectivity index (χ1v) is 3.72. The topological polar surface area (TPSA) is 82.5 Å². The van der Waals surface area contributed by atoms with Crippen molar-refractivity contribution in [3.63, 3.8) is 0 Å². The predicted octanol–water partition coefficient (Wildman–Crippen LogP) is -0.0521. The van der Waals surface area contributed by atoms with Gasteiger partial charge in [0.15, 0.2) is 5.82 Å². The molecule has 66 valence electrons. The summed E-state index contributed by atoms with van der Waals surface area (Å²) in [6.45, 7) is 1.85. The van der Waals surface area contributed by atoms with Crippen LogP contribution in [-0.2, 0) is 0 Å². The van der Waals surface area contributed by atoms with Crippen molar-refractivity contribution in [1.29, 1.82) is 0 Å². The van der Waals surface area contributed by atoms with E-state index in [4.69, 9.17) is 5.73 Å². The van der Waals surface area contributed by atoms with Crippen molar-refractivity contribution in [2.75, 3.05) is 5.73 Å². The molecule has 0 aliphatic rings. The third-order valence-corrected chi connectivity index (χ3v) is 1.58. The van der Waals surface area contributed by atoms with E-state index in [2.05, 4.69) is 20.1 Å². The van der Waals surface area contributed by atoms with E-state index in [0.717, 1.165) is 5.69 Å². The molecule has 2 heterocycles. The minimum absolute atomic E-state index is 0.227. The molecular weight excluding hydrogens is 168 g/mol. The van der Waals surface area contributed by atoms with Crippen molar-refractivity contribution in [3.8, 4) is 5.82 Å². The van der Waals surface area contributed by atoms with E-state index in [1.807, 2.05) is 6.92 Å². The number of hydrogen-bond donors (Lipinski definition) is 1. The van der Waals surface area contributed by atoms with Gasteiger partial charge < -0.3 is 5.73 Å². The van der Waals surface area contributed by atoms with Crippen LogP contribution in [0.2, 0.25) is 0 Å². The Morgan fingerprint density at radius 1 is 1.23 bits per heavy atom.